The Labute approximate surface area is 80.5 Å². The highest BCUT2D eigenvalue weighted by Crippen LogP contribution is 2.07. The van der Waals surface area contributed by atoms with Crippen molar-refractivity contribution in [2.24, 2.45) is 0 Å². The van der Waals surface area contributed by atoms with Crippen LogP contribution in [0.15, 0.2) is 0 Å². The molecule has 0 bridgehead atoms. The van der Waals surface area contributed by atoms with Crippen LogP contribution in [0.2, 0.25) is 0 Å². The molecule has 0 aromatic rings. The summed E-state index contributed by atoms with van der Waals surface area (Å²) < 4.78 is 26.9. The van der Waals surface area contributed by atoms with Crippen molar-refractivity contribution < 1.29 is 8.42 Å². The summed E-state index contributed by atoms with van der Waals surface area (Å²) >= 11 is 0. The summed E-state index contributed by atoms with van der Waals surface area (Å²) in [7, 11) is -3.12. The first-order valence-corrected chi connectivity index (χ1v) is 6.35. The fraction of sp³-hybridized carbons (Fsp3) is 1.00. The van der Waals surface area contributed by atoms with Crippen molar-refractivity contribution in [2.45, 2.75) is 32.6 Å². The predicted molar refractivity (Wildman–Crippen MR) is 52.6 cm³/mol. The average molecular weight is 206 g/mol. The quantitative estimate of drug-likeness (QED) is 0.689. The molecule has 78 valence electrons. The van der Waals surface area contributed by atoms with E-state index < -0.39 is 10.2 Å². The van der Waals surface area contributed by atoms with Gasteiger partial charge in [-0.05, 0) is 12.8 Å². The Morgan fingerprint density at radius 1 is 1.38 bits per heavy atom. The maximum Gasteiger partial charge on any atom is 0.279 e. The topological polar surface area (TPSA) is 49.4 Å². The second kappa shape index (κ2) is 4.93. The van der Waals surface area contributed by atoms with Gasteiger partial charge in [-0.1, -0.05) is 19.8 Å². The minimum atomic E-state index is -3.12. The number of nitrogens with one attached hydrogen (secondary N) is 1. The van der Waals surface area contributed by atoms with Gasteiger partial charge in [0.25, 0.3) is 10.2 Å². The molecule has 0 aromatic heterocycles. The van der Waals surface area contributed by atoms with Crippen LogP contribution in [0.3, 0.4) is 0 Å². The molecule has 1 heterocycles. The van der Waals surface area contributed by atoms with Crippen LogP contribution in [0.5, 0.6) is 0 Å². The average Bonchev–Trinajstić information content (AvgIpc) is 2.08. The zero-order valence-corrected chi connectivity index (χ0v) is 8.94. The Morgan fingerprint density at radius 2 is 2.15 bits per heavy atom. The number of rotatable bonds is 4. The molecule has 1 aliphatic heterocycles. The fourth-order valence-electron chi connectivity index (χ4n) is 1.44. The van der Waals surface area contributed by atoms with Gasteiger partial charge in [-0.15, -0.1) is 0 Å². The van der Waals surface area contributed by atoms with Crippen LogP contribution < -0.4 is 4.72 Å². The van der Waals surface area contributed by atoms with Crippen LogP contribution in [0.1, 0.15) is 32.6 Å². The van der Waals surface area contributed by atoms with Gasteiger partial charge in [-0.3, -0.25) is 0 Å². The van der Waals surface area contributed by atoms with Crippen molar-refractivity contribution in [2.75, 3.05) is 19.6 Å². The van der Waals surface area contributed by atoms with E-state index in [1.54, 1.807) is 4.31 Å². The molecule has 4 nitrogen and oxygen atoms in total. The van der Waals surface area contributed by atoms with Gasteiger partial charge in [0, 0.05) is 19.6 Å². The first-order chi connectivity index (χ1) is 6.17. The summed E-state index contributed by atoms with van der Waals surface area (Å²) in [4.78, 5) is 0. The summed E-state index contributed by atoms with van der Waals surface area (Å²) in [5.74, 6) is 0. The lowest BCUT2D eigenvalue weighted by Gasteiger charge is -2.26. The normalized spacial score (nSPS) is 23.2. The van der Waals surface area contributed by atoms with Crippen molar-refractivity contribution in [3.8, 4) is 0 Å². The molecule has 1 aliphatic rings. The SMILES string of the molecule is CCCCCN1CCCNS1(=O)=O. The second-order valence-corrected chi connectivity index (χ2v) is 5.11. The van der Waals surface area contributed by atoms with Crippen LogP contribution in [0.4, 0.5) is 0 Å². The minimum Gasteiger partial charge on any atom is -0.202 e. The van der Waals surface area contributed by atoms with Gasteiger partial charge >= 0.3 is 0 Å². The van der Waals surface area contributed by atoms with E-state index in [4.69, 9.17) is 0 Å². The summed E-state index contributed by atoms with van der Waals surface area (Å²) in [5, 5.41) is 0. The zero-order chi connectivity index (χ0) is 9.73. The van der Waals surface area contributed by atoms with E-state index in [1.165, 1.54) is 0 Å². The minimum absolute atomic E-state index is 0.590. The largest absolute Gasteiger partial charge is 0.279 e. The zero-order valence-electron chi connectivity index (χ0n) is 8.12. The predicted octanol–water partition coefficient (Wildman–Crippen LogP) is 0.717. The van der Waals surface area contributed by atoms with Gasteiger partial charge in [-0.25, -0.2) is 4.72 Å². The van der Waals surface area contributed by atoms with Gasteiger partial charge < -0.3 is 0 Å². The van der Waals surface area contributed by atoms with Crippen molar-refractivity contribution >= 4 is 10.2 Å². The molecule has 0 aromatic carbocycles. The van der Waals surface area contributed by atoms with Crippen LogP contribution in [0, 0.1) is 0 Å². The molecule has 0 aliphatic carbocycles. The number of hydrogen-bond donors (Lipinski definition) is 1. The molecule has 13 heavy (non-hydrogen) atoms. The monoisotopic (exact) mass is 206 g/mol. The third-order valence-corrected chi connectivity index (χ3v) is 3.83. The van der Waals surface area contributed by atoms with E-state index >= 15 is 0 Å². The molecule has 1 rings (SSSR count). The van der Waals surface area contributed by atoms with E-state index in [-0.39, 0.29) is 0 Å². The van der Waals surface area contributed by atoms with E-state index in [9.17, 15) is 8.42 Å². The Balaban J connectivity index is 2.38. The van der Waals surface area contributed by atoms with Crippen molar-refractivity contribution in [1.82, 2.24) is 9.03 Å². The van der Waals surface area contributed by atoms with Crippen LogP contribution in [-0.4, -0.2) is 32.4 Å². The van der Waals surface area contributed by atoms with Gasteiger partial charge in [0.05, 0.1) is 0 Å². The van der Waals surface area contributed by atoms with Gasteiger partial charge in [-0.2, -0.15) is 12.7 Å². The highest BCUT2D eigenvalue weighted by molar-refractivity contribution is 7.87. The summed E-state index contributed by atoms with van der Waals surface area (Å²) in [6, 6.07) is 0. The van der Waals surface area contributed by atoms with Crippen molar-refractivity contribution in [3.05, 3.63) is 0 Å². The van der Waals surface area contributed by atoms with Crippen molar-refractivity contribution in [1.29, 1.82) is 0 Å². The molecular weight excluding hydrogens is 188 g/mol. The van der Waals surface area contributed by atoms with Gasteiger partial charge in [0.2, 0.25) is 0 Å². The molecular formula is C8H18N2O2S. The first kappa shape index (κ1) is 10.9. The molecule has 1 fully saturated rings. The number of unbranched alkanes of at least 4 members (excludes halogenated alkanes) is 2. The lowest BCUT2D eigenvalue weighted by atomic mass is 10.2. The summed E-state index contributed by atoms with van der Waals surface area (Å²) in [6.45, 7) is 4.05. The fourth-order valence-corrected chi connectivity index (χ4v) is 2.76. The Bertz CT molecular complexity index is 239. The van der Waals surface area contributed by atoms with Gasteiger partial charge in [0.15, 0.2) is 0 Å². The molecule has 5 heteroatoms. The van der Waals surface area contributed by atoms with Crippen LogP contribution >= 0.6 is 0 Å². The van der Waals surface area contributed by atoms with E-state index in [0.717, 1.165) is 25.7 Å². The maximum absolute atomic E-state index is 11.4. The summed E-state index contributed by atoms with van der Waals surface area (Å²) in [6.07, 6.45) is 4.12. The molecule has 0 radical (unpaired) electrons. The molecule has 0 spiro atoms. The number of nitrogens with zero attached hydrogens (tertiary/aromatic N) is 1. The molecule has 0 amide bonds. The Hall–Kier alpha value is -0.130. The van der Waals surface area contributed by atoms with E-state index in [1.807, 2.05) is 0 Å². The Morgan fingerprint density at radius 3 is 2.77 bits per heavy atom. The highest BCUT2D eigenvalue weighted by atomic mass is 32.2. The molecule has 1 saturated heterocycles. The lowest BCUT2D eigenvalue weighted by molar-refractivity contribution is 0.366. The smallest absolute Gasteiger partial charge is 0.202 e. The lowest BCUT2D eigenvalue weighted by Crippen LogP contribution is -2.47. The molecule has 0 saturated carbocycles. The maximum atomic E-state index is 11.4. The van der Waals surface area contributed by atoms with Gasteiger partial charge in [0.1, 0.15) is 0 Å². The van der Waals surface area contributed by atoms with Crippen molar-refractivity contribution in [3.63, 3.8) is 0 Å². The first-order valence-electron chi connectivity index (χ1n) is 4.91. The molecule has 1 N–H and O–H groups in total. The van der Waals surface area contributed by atoms with E-state index in [2.05, 4.69) is 11.6 Å². The second-order valence-electron chi connectivity index (χ2n) is 3.36. The Kier molecular flexibility index (Phi) is 4.15. The third kappa shape index (κ3) is 3.25. The number of hydrogen-bond acceptors (Lipinski definition) is 2. The van der Waals surface area contributed by atoms with Crippen LogP contribution in [0.25, 0.3) is 0 Å². The highest BCUT2D eigenvalue weighted by Gasteiger charge is 2.23. The molecule has 0 atom stereocenters. The van der Waals surface area contributed by atoms with E-state index in [0.29, 0.717) is 19.6 Å². The summed E-state index contributed by atoms with van der Waals surface area (Å²) in [5.41, 5.74) is 0. The third-order valence-electron chi connectivity index (χ3n) is 2.22. The molecule has 0 unspecified atom stereocenters. The standard InChI is InChI=1S/C8H18N2O2S/c1-2-3-4-7-10-8-5-6-9-13(10,11)12/h9H,2-8H2,1H3. The van der Waals surface area contributed by atoms with Crippen LogP contribution in [-0.2, 0) is 10.2 Å².